The number of amides is 2. The molecule has 1 atom stereocenters. The monoisotopic (exact) mass is 324 g/mol. The van der Waals surface area contributed by atoms with Gasteiger partial charge in [-0.3, -0.25) is 0 Å². The van der Waals surface area contributed by atoms with Gasteiger partial charge < -0.3 is 20.1 Å². The number of fused-ring (bicyclic) bond motifs is 1. The van der Waals surface area contributed by atoms with Gasteiger partial charge in [-0.1, -0.05) is 23.7 Å². The maximum absolute atomic E-state index is 12.5. The molecule has 2 amide bonds. The van der Waals surface area contributed by atoms with Crippen molar-refractivity contribution in [3.8, 4) is 5.75 Å². The van der Waals surface area contributed by atoms with Gasteiger partial charge in [-0.15, -0.1) is 0 Å². The summed E-state index contributed by atoms with van der Waals surface area (Å²) in [4.78, 5) is 14.3. The van der Waals surface area contributed by atoms with E-state index in [-0.39, 0.29) is 24.7 Å². The van der Waals surface area contributed by atoms with E-state index in [1.165, 1.54) is 0 Å². The van der Waals surface area contributed by atoms with E-state index in [1.807, 2.05) is 12.1 Å². The van der Waals surface area contributed by atoms with E-state index in [0.717, 1.165) is 31.2 Å². The second-order valence-corrected chi connectivity index (χ2v) is 6.21. The van der Waals surface area contributed by atoms with Gasteiger partial charge in [0.25, 0.3) is 0 Å². The molecular weight excluding hydrogens is 304 g/mol. The highest BCUT2D eigenvalue weighted by Crippen LogP contribution is 2.37. The fourth-order valence-corrected chi connectivity index (χ4v) is 3.13. The molecule has 0 saturated heterocycles. The number of carbonyl (C=O) groups is 1. The predicted molar refractivity (Wildman–Crippen MR) is 84.3 cm³/mol. The van der Waals surface area contributed by atoms with Crippen molar-refractivity contribution in [1.29, 1.82) is 0 Å². The zero-order chi connectivity index (χ0) is 15.5. The van der Waals surface area contributed by atoms with Crippen LogP contribution in [0.5, 0.6) is 5.75 Å². The summed E-state index contributed by atoms with van der Waals surface area (Å²) in [6, 6.07) is 5.67. The van der Waals surface area contributed by atoms with E-state index in [0.29, 0.717) is 23.9 Å². The van der Waals surface area contributed by atoms with Gasteiger partial charge in [0.15, 0.2) is 0 Å². The van der Waals surface area contributed by atoms with E-state index in [4.69, 9.17) is 21.4 Å². The number of nitrogens with zero attached hydrogens (tertiary/aromatic N) is 1. The molecule has 1 aliphatic carbocycles. The Bertz CT molecular complexity index is 548. The molecule has 5 nitrogen and oxygen atoms in total. The molecule has 0 spiro atoms. The van der Waals surface area contributed by atoms with Gasteiger partial charge >= 0.3 is 6.03 Å². The molecule has 1 heterocycles. The molecule has 0 bridgehead atoms. The fraction of sp³-hybridized carbons (Fsp3) is 0.562. The fourth-order valence-electron chi connectivity index (χ4n) is 2.90. The Morgan fingerprint density at radius 1 is 1.41 bits per heavy atom. The summed E-state index contributed by atoms with van der Waals surface area (Å²) < 4.78 is 5.72. The molecule has 1 fully saturated rings. The molecule has 2 N–H and O–H groups in total. The van der Waals surface area contributed by atoms with E-state index in [9.17, 15) is 4.79 Å². The lowest BCUT2D eigenvalue weighted by molar-refractivity contribution is 0.170. The Morgan fingerprint density at radius 2 is 2.23 bits per heavy atom. The number of halogens is 1. The van der Waals surface area contributed by atoms with Crippen LogP contribution < -0.4 is 10.1 Å². The Balaban J connectivity index is 1.77. The number of hydrogen-bond donors (Lipinski definition) is 2. The minimum Gasteiger partial charge on any atom is -0.492 e. The van der Waals surface area contributed by atoms with Crippen LogP contribution in [0.25, 0.3) is 0 Å². The van der Waals surface area contributed by atoms with E-state index >= 15 is 0 Å². The average molecular weight is 325 g/mol. The van der Waals surface area contributed by atoms with E-state index in [1.54, 1.807) is 11.0 Å². The lowest BCUT2D eigenvalue weighted by atomic mass is 10.0. The minimum atomic E-state index is -0.116. The molecule has 3 rings (SSSR count). The highest BCUT2D eigenvalue weighted by Gasteiger charge is 2.33. The Kier molecular flexibility index (Phi) is 4.74. The first-order valence-electron chi connectivity index (χ1n) is 7.80. The third-order valence-corrected chi connectivity index (χ3v) is 4.44. The van der Waals surface area contributed by atoms with Crippen molar-refractivity contribution in [3.63, 3.8) is 0 Å². The molecule has 1 aromatic rings. The number of benzene rings is 1. The van der Waals surface area contributed by atoms with Gasteiger partial charge in [-0.05, 0) is 31.7 Å². The van der Waals surface area contributed by atoms with Crippen LogP contribution in [-0.2, 0) is 0 Å². The van der Waals surface area contributed by atoms with Crippen LogP contribution in [0.15, 0.2) is 18.2 Å². The highest BCUT2D eigenvalue weighted by molar-refractivity contribution is 6.32. The minimum absolute atomic E-state index is 0.0138. The maximum atomic E-state index is 12.5. The van der Waals surface area contributed by atoms with Crippen LogP contribution >= 0.6 is 11.6 Å². The molecule has 0 radical (unpaired) electrons. The smallest absolute Gasteiger partial charge is 0.318 e. The normalized spacial score (nSPS) is 20.5. The van der Waals surface area contributed by atoms with Crippen molar-refractivity contribution >= 4 is 17.6 Å². The summed E-state index contributed by atoms with van der Waals surface area (Å²) >= 11 is 6.21. The molecule has 2 aliphatic rings. The summed E-state index contributed by atoms with van der Waals surface area (Å²) in [6.45, 7) is 0.967. The summed E-state index contributed by atoms with van der Waals surface area (Å²) in [5.74, 6) is 0.673. The molecule has 6 heteroatoms. The molecule has 120 valence electrons. The first-order chi connectivity index (χ1) is 10.7. The zero-order valence-electron chi connectivity index (χ0n) is 12.4. The number of ether oxygens (including phenoxy) is 1. The van der Waals surface area contributed by atoms with Crippen molar-refractivity contribution in [2.75, 3.05) is 19.8 Å². The van der Waals surface area contributed by atoms with Gasteiger partial charge in [0.05, 0.1) is 24.3 Å². The number of aliphatic hydroxyl groups is 1. The summed E-state index contributed by atoms with van der Waals surface area (Å²) in [5.41, 5.74) is 0.929. The van der Waals surface area contributed by atoms with Crippen molar-refractivity contribution in [3.05, 3.63) is 28.8 Å². The van der Waals surface area contributed by atoms with E-state index < -0.39 is 0 Å². The molecule has 1 aliphatic heterocycles. The Hall–Kier alpha value is -1.46. The number of aliphatic hydroxyl groups excluding tert-OH is 1. The number of nitrogens with one attached hydrogen (secondary N) is 1. The Morgan fingerprint density at radius 3 is 2.95 bits per heavy atom. The van der Waals surface area contributed by atoms with Crippen LogP contribution in [0.4, 0.5) is 4.79 Å². The van der Waals surface area contributed by atoms with Gasteiger partial charge in [0, 0.05) is 18.2 Å². The van der Waals surface area contributed by atoms with Crippen LogP contribution in [0.3, 0.4) is 0 Å². The SMILES string of the molecule is O=C(NC1CCCOc2c(Cl)cccc21)N(CCO)C1CC1. The van der Waals surface area contributed by atoms with Crippen LogP contribution in [-0.4, -0.2) is 41.8 Å². The number of carbonyl (C=O) groups excluding carboxylic acids is 1. The van der Waals surface area contributed by atoms with Crippen LogP contribution in [0.1, 0.15) is 37.3 Å². The summed E-state index contributed by atoms with van der Waals surface area (Å²) in [6.07, 6.45) is 3.71. The van der Waals surface area contributed by atoms with E-state index in [2.05, 4.69) is 5.32 Å². The van der Waals surface area contributed by atoms with Crippen molar-refractivity contribution in [1.82, 2.24) is 10.2 Å². The summed E-state index contributed by atoms with van der Waals surface area (Å²) in [7, 11) is 0. The lowest BCUT2D eigenvalue weighted by Crippen LogP contribution is -2.44. The van der Waals surface area contributed by atoms with Gasteiger partial charge in [0.1, 0.15) is 5.75 Å². The maximum Gasteiger partial charge on any atom is 0.318 e. The Labute approximate surface area is 135 Å². The van der Waals surface area contributed by atoms with Crippen molar-refractivity contribution in [2.24, 2.45) is 0 Å². The molecule has 1 saturated carbocycles. The van der Waals surface area contributed by atoms with Crippen LogP contribution in [0.2, 0.25) is 5.02 Å². The van der Waals surface area contributed by atoms with Gasteiger partial charge in [-0.2, -0.15) is 0 Å². The summed E-state index contributed by atoms with van der Waals surface area (Å²) in [5, 5.41) is 12.8. The molecular formula is C16H21ClN2O3. The third-order valence-electron chi connectivity index (χ3n) is 4.14. The van der Waals surface area contributed by atoms with Crippen molar-refractivity contribution < 1.29 is 14.6 Å². The van der Waals surface area contributed by atoms with Crippen LogP contribution in [0, 0.1) is 0 Å². The molecule has 0 aromatic heterocycles. The highest BCUT2D eigenvalue weighted by atomic mass is 35.5. The molecule has 1 aromatic carbocycles. The number of para-hydroxylation sites is 1. The average Bonchev–Trinajstić information content (AvgIpc) is 3.33. The third kappa shape index (κ3) is 3.31. The number of urea groups is 1. The van der Waals surface area contributed by atoms with Crippen molar-refractivity contribution in [2.45, 2.75) is 37.8 Å². The topological polar surface area (TPSA) is 61.8 Å². The van der Waals surface area contributed by atoms with Gasteiger partial charge in [-0.25, -0.2) is 4.79 Å². The van der Waals surface area contributed by atoms with Gasteiger partial charge in [0.2, 0.25) is 0 Å². The molecule has 22 heavy (non-hydrogen) atoms. The quantitative estimate of drug-likeness (QED) is 0.895. The predicted octanol–water partition coefficient (Wildman–Crippen LogP) is 2.72. The standard InChI is InChI=1S/C16H21ClN2O3/c17-13-4-1-3-12-14(5-2-10-22-15(12)13)18-16(21)19(8-9-20)11-6-7-11/h1,3-4,11,14,20H,2,5-10H2,(H,18,21). The number of hydrogen-bond acceptors (Lipinski definition) is 3. The lowest BCUT2D eigenvalue weighted by Gasteiger charge is -2.26. The first-order valence-corrected chi connectivity index (χ1v) is 8.17. The second-order valence-electron chi connectivity index (χ2n) is 5.80. The second kappa shape index (κ2) is 6.75. The number of rotatable bonds is 4. The molecule has 1 unspecified atom stereocenters. The zero-order valence-corrected chi connectivity index (χ0v) is 13.2. The largest absolute Gasteiger partial charge is 0.492 e. The first kappa shape index (κ1) is 15.4.